The molecule has 1 saturated heterocycles. The zero-order valence-corrected chi connectivity index (χ0v) is 10.7. The Bertz CT molecular complexity index is 246. The standard InChI is InChI=1S/C12H24N4/c1-11(2)16-8-6-15(7-9-16)5-4-12(3,14)10-13/h11H,4-9,14H2,1-3H3. The second-order valence-corrected chi connectivity index (χ2v) is 5.25. The Kier molecular flexibility index (Phi) is 4.72. The van der Waals surface area contributed by atoms with Gasteiger partial charge in [-0.15, -0.1) is 0 Å². The van der Waals surface area contributed by atoms with E-state index in [4.69, 9.17) is 11.0 Å². The number of nitriles is 1. The summed E-state index contributed by atoms with van der Waals surface area (Å²) in [5.74, 6) is 0. The molecule has 1 atom stereocenters. The first-order chi connectivity index (χ1) is 7.44. The summed E-state index contributed by atoms with van der Waals surface area (Å²) in [6.07, 6.45) is 0.755. The van der Waals surface area contributed by atoms with Crippen LogP contribution in [0.15, 0.2) is 0 Å². The van der Waals surface area contributed by atoms with Crippen LogP contribution < -0.4 is 5.73 Å². The van der Waals surface area contributed by atoms with E-state index < -0.39 is 5.54 Å². The molecule has 0 saturated carbocycles. The topological polar surface area (TPSA) is 56.3 Å². The van der Waals surface area contributed by atoms with Gasteiger partial charge in [-0.2, -0.15) is 5.26 Å². The summed E-state index contributed by atoms with van der Waals surface area (Å²) in [5.41, 5.74) is 5.14. The Balaban J connectivity index is 2.26. The van der Waals surface area contributed by atoms with E-state index in [1.54, 1.807) is 6.92 Å². The van der Waals surface area contributed by atoms with Crippen LogP contribution in [0.3, 0.4) is 0 Å². The van der Waals surface area contributed by atoms with Crippen LogP contribution in [0, 0.1) is 11.3 Å². The summed E-state index contributed by atoms with van der Waals surface area (Å²) in [6.45, 7) is 11.7. The second-order valence-electron chi connectivity index (χ2n) is 5.25. The van der Waals surface area contributed by atoms with Gasteiger partial charge in [0.15, 0.2) is 0 Å². The highest BCUT2D eigenvalue weighted by Crippen LogP contribution is 2.09. The number of rotatable bonds is 4. The molecule has 0 aromatic heterocycles. The molecule has 0 bridgehead atoms. The predicted molar refractivity (Wildman–Crippen MR) is 66.0 cm³/mol. The molecule has 1 rings (SSSR count). The van der Waals surface area contributed by atoms with Crippen molar-refractivity contribution in [3.8, 4) is 6.07 Å². The zero-order valence-electron chi connectivity index (χ0n) is 10.7. The van der Waals surface area contributed by atoms with Gasteiger partial charge in [0, 0.05) is 38.8 Å². The van der Waals surface area contributed by atoms with Gasteiger partial charge in [-0.1, -0.05) is 0 Å². The average Bonchev–Trinajstić information content (AvgIpc) is 2.27. The lowest BCUT2D eigenvalue weighted by atomic mass is 10.0. The van der Waals surface area contributed by atoms with Crippen molar-refractivity contribution in [2.45, 2.75) is 38.8 Å². The first kappa shape index (κ1) is 13.4. The molecule has 1 unspecified atom stereocenters. The molecule has 1 aliphatic heterocycles. The highest BCUT2D eigenvalue weighted by atomic mass is 15.3. The third-order valence-electron chi connectivity index (χ3n) is 3.34. The Morgan fingerprint density at radius 1 is 1.31 bits per heavy atom. The molecule has 0 aliphatic carbocycles. The van der Waals surface area contributed by atoms with E-state index >= 15 is 0 Å². The van der Waals surface area contributed by atoms with E-state index in [2.05, 4.69) is 29.7 Å². The Hall–Kier alpha value is -0.630. The van der Waals surface area contributed by atoms with E-state index in [1.165, 1.54) is 0 Å². The molecule has 4 nitrogen and oxygen atoms in total. The van der Waals surface area contributed by atoms with Crippen LogP contribution in [-0.4, -0.2) is 54.1 Å². The van der Waals surface area contributed by atoms with E-state index in [1.807, 2.05) is 0 Å². The predicted octanol–water partition coefficient (Wildman–Crippen LogP) is 0.643. The molecule has 0 spiro atoms. The highest BCUT2D eigenvalue weighted by Gasteiger charge is 2.22. The average molecular weight is 224 g/mol. The molecule has 1 fully saturated rings. The van der Waals surface area contributed by atoms with Gasteiger partial charge in [-0.3, -0.25) is 4.90 Å². The van der Waals surface area contributed by atoms with Crippen molar-refractivity contribution < 1.29 is 0 Å². The molecule has 0 aromatic carbocycles. The van der Waals surface area contributed by atoms with E-state index in [-0.39, 0.29) is 0 Å². The summed E-state index contributed by atoms with van der Waals surface area (Å²) >= 11 is 0. The fourth-order valence-electron chi connectivity index (χ4n) is 1.95. The number of piperazine rings is 1. The minimum absolute atomic E-state index is 0.640. The molecular weight excluding hydrogens is 200 g/mol. The molecule has 0 aromatic rings. The minimum Gasteiger partial charge on any atom is -0.314 e. The molecular formula is C12H24N4. The van der Waals surface area contributed by atoms with Gasteiger partial charge in [0.1, 0.15) is 5.54 Å². The quantitative estimate of drug-likeness (QED) is 0.761. The number of hydrogen-bond acceptors (Lipinski definition) is 4. The van der Waals surface area contributed by atoms with Gasteiger partial charge in [0.05, 0.1) is 6.07 Å². The zero-order chi connectivity index (χ0) is 12.2. The lowest BCUT2D eigenvalue weighted by molar-refractivity contribution is 0.105. The van der Waals surface area contributed by atoms with Crippen LogP contribution in [-0.2, 0) is 0 Å². The Labute approximate surface area is 99.0 Å². The molecule has 1 aliphatic rings. The summed E-state index contributed by atoms with van der Waals surface area (Å²) in [6, 6.07) is 2.79. The largest absolute Gasteiger partial charge is 0.314 e. The van der Waals surface area contributed by atoms with Crippen molar-refractivity contribution >= 4 is 0 Å². The van der Waals surface area contributed by atoms with E-state index in [0.29, 0.717) is 6.04 Å². The number of hydrogen-bond donors (Lipinski definition) is 1. The SMILES string of the molecule is CC(C)N1CCN(CCC(C)(N)C#N)CC1. The fraction of sp³-hybridized carbons (Fsp3) is 0.917. The molecule has 0 radical (unpaired) electrons. The van der Waals surface area contributed by atoms with Crippen molar-refractivity contribution in [1.29, 1.82) is 5.26 Å². The van der Waals surface area contributed by atoms with Crippen molar-refractivity contribution in [1.82, 2.24) is 9.80 Å². The lowest BCUT2D eigenvalue weighted by Gasteiger charge is -2.37. The second kappa shape index (κ2) is 5.62. The molecule has 92 valence electrons. The lowest BCUT2D eigenvalue weighted by Crippen LogP contribution is -2.50. The molecule has 4 heteroatoms. The first-order valence-electron chi connectivity index (χ1n) is 6.11. The Morgan fingerprint density at radius 2 is 1.88 bits per heavy atom. The maximum atomic E-state index is 8.84. The maximum absolute atomic E-state index is 8.84. The van der Waals surface area contributed by atoms with Gasteiger partial charge in [-0.25, -0.2) is 0 Å². The van der Waals surface area contributed by atoms with Crippen molar-refractivity contribution in [3.63, 3.8) is 0 Å². The van der Waals surface area contributed by atoms with Gasteiger partial charge >= 0.3 is 0 Å². The highest BCUT2D eigenvalue weighted by molar-refractivity contribution is 5.01. The summed E-state index contributed by atoms with van der Waals surface area (Å²) < 4.78 is 0. The third-order valence-corrected chi connectivity index (χ3v) is 3.34. The van der Waals surface area contributed by atoms with Crippen LogP contribution in [0.2, 0.25) is 0 Å². The van der Waals surface area contributed by atoms with Gasteiger partial charge in [0.2, 0.25) is 0 Å². The van der Waals surface area contributed by atoms with E-state index in [0.717, 1.165) is 39.1 Å². The van der Waals surface area contributed by atoms with Crippen LogP contribution in [0.4, 0.5) is 0 Å². The Morgan fingerprint density at radius 3 is 2.31 bits per heavy atom. The smallest absolute Gasteiger partial charge is 0.102 e. The van der Waals surface area contributed by atoms with Crippen LogP contribution in [0.1, 0.15) is 27.2 Å². The first-order valence-corrected chi connectivity index (χ1v) is 6.11. The summed E-state index contributed by atoms with van der Waals surface area (Å²) in [5, 5.41) is 8.84. The number of nitrogens with two attached hydrogens (primary N) is 1. The van der Waals surface area contributed by atoms with Crippen molar-refractivity contribution in [2.24, 2.45) is 5.73 Å². The van der Waals surface area contributed by atoms with Gasteiger partial charge < -0.3 is 10.6 Å². The summed E-state index contributed by atoms with van der Waals surface area (Å²) in [4.78, 5) is 4.89. The molecule has 2 N–H and O–H groups in total. The fourth-order valence-corrected chi connectivity index (χ4v) is 1.95. The van der Waals surface area contributed by atoms with E-state index in [9.17, 15) is 0 Å². The van der Waals surface area contributed by atoms with Crippen LogP contribution in [0.5, 0.6) is 0 Å². The summed E-state index contributed by atoms with van der Waals surface area (Å²) in [7, 11) is 0. The van der Waals surface area contributed by atoms with Crippen LogP contribution >= 0.6 is 0 Å². The normalized spacial score (nSPS) is 23.0. The van der Waals surface area contributed by atoms with Crippen LogP contribution in [0.25, 0.3) is 0 Å². The molecule has 16 heavy (non-hydrogen) atoms. The number of nitrogens with zero attached hydrogens (tertiary/aromatic N) is 3. The minimum atomic E-state index is -0.671. The van der Waals surface area contributed by atoms with Gasteiger partial charge in [0.25, 0.3) is 0 Å². The molecule has 0 amide bonds. The monoisotopic (exact) mass is 224 g/mol. The molecule has 1 heterocycles. The van der Waals surface area contributed by atoms with Crippen molar-refractivity contribution in [2.75, 3.05) is 32.7 Å². The maximum Gasteiger partial charge on any atom is 0.102 e. The van der Waals surface area contributed by atoms with Crippen molar-refractivity contribution in [3.05, 3.63) is 0 Å². The third kappa shape index (κ3) is 4.09. The van der Waals surface area contributed by atoms with Gasteiger partial charge in [-0.05, 0) is 27.2 Å².